The predicted octanol–water partition coefficient (Wildman–Crippen LogP) is 2.08. The number of amides is 1. The maximum atomic E-state index is 14.3. The zero-order valence-electron chi connectivity index (χ0n) is 12.1. The van der Waals surface area contributed by atoms with E-state index in [1.165, 1.54) is 0 Å². The molecular formula is C15H22ClFN2O2. The SMILES string of the molecule is CCC(COc1ccccc1)NC(=O)C1(F)CCNC1.Cl. The molecule has 0 saturated carbocycles. The molecule has 0 spiro atoms. The van der Waals surface area contributed by atoms with Crippen LogP contribution < -0.4 is 15.4 Å². The molecule has 1 saturated heterocycles. The van der Waals surface area contributed by atoms with Crippen molar-refractivity contribution in [1.82, 2.24) is 10.6 Å². The average molecular weight is 317 g/mol. The molecule has 2 atom stereocenters. The van der Waals surface area contributed by atoms with E-state index < -0.39 is 11.6 Å². The van der Waals surface area contributed by atoms with Gasteiger partial charge in [0.25, 0.3) is 5.91 Å². The lowest BCUT2D eigenvalue weighted by atomic mass is 10.0. The van der Waals surface area contributed by atoms with Crippen LogP contribution in [-0.4, -0.2) is 37.3 Å². The summed E-state index contributed by atoms with van der Waals surface area (Å²) >= 11 is 0. The van der Waals surface area contributed by atoms with E-state index in [0.717, 1.165) is 5.75 Å². The Balaban J connectivity index is 0.00000220. The van der Waals surface area contributed by atoms with Crippen LogP contribution in [0.25, 0.3) is 0 Å². The largest absolute Gasteiger partial charge is 0.491 e. The number of hydrogen-bond donors (Lipinski definition) is 2. The number of carbonyl (C=O) groups excluding carboxylic acids is 1. The molecule has 0 aromatic heterocycles. The Morgan fingerprint density at radius 1 is 1.48 bits per heavy atom. The van der Waals surface area contributed by atoms with E-state index in [4.69, 9.17) is 4.74 Å². The van der Waals surface area contributed by atoms with Gasteiger partial charge in [-0.2, -0.15) is 0 Å². The number of hydrogen-bond acceptors (Lipinski definition) is 3. The van der Waals surface area contributed by atoms with Crippen molar-refractivity contribution in [3.63, 3.8) is 0 Å². The Bertz CT molecular complexity index is 439. The van der Waals surface area contributed by atoms with Crippen LogP contribution in [0.2, 0.25) is 0 Å². The molecule has 118 valence electrons. The molecule has 1 aliphatic heterocycles. The lowest BCUT2D eigenvalue weighted by Crippen LogP contribution is -2.50. The van der Waals surface area contributed by atoms with Crippen molar-refractivity contribution < 1.29 is 13.9 Å². The van der Waals surface area contributed by atoms with Crippen molar-refractivity contribution in [1.29, 1.82) is 0 Å². The quantitative estimate of drug-likeness (QED) is 0.845. The number of rotatable bonds is 6. The highest BCUT2D eigenvalue weighted by Gasteiger charge is 2.42. The first-order valence-electron chi connectivity index (χ1n) is 7.02. The number of carbonyl (C=O) groups is 1. The first-order chi connectivity index (χ1) is 9.64. The average Bonchev–Trinajstić information content (AvgIpc) is 2.92. The number of para-hydroxylation sites is 1. The molecule has 2 N–H and O–H groups in total. The minimum absolute atomic E-state index is 0. The molecule has 1 heterocycles. The summed E-state index contributed by atoms with van der Waals surface area (Å²) in [5.74, 6) is 0.212. The maximum Gasteiger partial charge on any atom is 0.259 e. The molecule has 1 fully saturated rings. The Morgan fingerprint density at radius 3 is 2.76 bits per heavy atom. The molecule has 6 heteroatoms. The van der Waals surface area contributed by atoms with E-state index in [0.29, 0.717) is 19.6 Å². The topological polar surface area (TPSA) is 50.4 Å². The van der Waals surface area contributed by atoms with Gasteiger partial charge in [0.2, 0.25) is 5.67 Å². The normalized spacial score (nSPS) is 22.2. The zero-order valence-corrected chi connectivity index (χ0v) is 12.9. The molecule has 1 aliphatic rings. The second-order valence-electron chi connectivity index (χ2n) is 5.09. The van der Waals surface area contributed by atoms with Crippen LogP contribution in [0.1, 0.15) is 19.8 Å². The minimum Gasteiger partial charge on any atom is -0.491 e. The first-order valence-corrected chi connectivity index (χ1v) is 7.02. The van der Waals surface area contributed by atoms with E-state index in [1.54, 1.807) is 0 Å². The van der Waals surface area contributed by atoms with E-state index in [9.17, 15) is 9.18 Å². The van der Waals surface area contributed by atoms with E-state index in [2.05, 4.69) is 10.6 Å². The fraction of sp³-hybridized carbons (Fsp3) is 0.533. The van der Waals surface area contributed by atoms with Crippen LogP contribution in [0.4, 0.5) is 4.39 Å². The fourth-order valence-corrected chi connectivity index (χ4v) is 2.15. The molecule has 0 bridgehead atoms. The van der Waals surface area contributed by atoms with Gasteiger partial charge < -0.3 is 15.4 Å². The summed E-state index contributed by atoms with van der Waals surface area (Å²) in [4.78, 5) is 12.0. The van der Waals surface area contributed by atoms with Gasteiger partial charge in [0.1, 0.15) is 12.4 Å². The molecule has 1 aromatic carbocycles. The second kappa shape index (κ2) is 8.20. The molecule has 0 radical (unpaired) electrons. The van der Waals surface area contributed by atoms with Gasteiger partial charge in [-0.05, 0) is 25.1 Å². The van der Waals surface area contributed by atoms with Gasteiger partial charge in [0, 0.05) is 13.0 Å². The van der Waals surface area contributed by atoms with Crippen molar-refractivity contribution in [2.24, 2.45) is 0 Å². The molecule has 21 heavy (non-hydrogen) atoms. The third-order valence-corrected chi connectivity index (χ3v) is 3.53. The lowest BCUT2D eigenvalue weighted by Gasteiger charge is -2.23. The van der Waals surface area contributed by atoms with Crippen LogP contribution in [0, 0.1) is 0 Å². The summed E-state index contributed by atoms with van der Waals surface area (Å²) in [6, 6.07) is 9.20. The predicted molar refractivity (Wildman–Crippen MR) is 82.7 cm³/mol. The Morgan fingerprint density at radius 2 is 2.19 bits per heavy atom. The number of ether oxygens (including phenoxy) is 1. The van der Waals surface area contributed by atoms with Crippen LogP contribution in [0.15, 0.2) is 30.3 Å². The molecule has 2 unspecified atom stereocenters. The lowest BCUT2D eigenvalue weighted by molar-refractivity contribution is -0.132. The van der Waals surface area contributed by atoms with Crippen molar-refractivity contribution in [2.75, 3.05) is 19.7 Å². The number of alkyl halides is 1. The Labute approximate surface area is 130 Å². The Hall–Kier alpha value is -1.33. The van der Waals surface area contributed by atoms with Gasteiger partial charge >= 0.3 is 0 Å². The van der Waals surface area contributed by atoms with Crippen LogP contribution in [0.5, 0.6) is 5.75 Å². The summed E-state index contributed by atoms with van der Waals surface area (Å²) in [6.45, 7) is 2.92. The highest BCUT2D eigenvalue weighted by atomic mass is 35.5. The highest BCUT2D eigenvalue weighted by molar-refractivity contribution is 5.86. The van der Waals surface area contributed by atoms with Gasteiger partial charge in [0.15, 0.2) is 0 Å². The molecule has 1 aromatic rings. The third kappa shape index (κ3) is 4.86. The van der Waals surface area contributed by atoms with Gasteiger partial charge in [-0.15, -0.1) is 12.4 Å². The molecule has 4 nitrogen and oxygen atoms in total. The van der Waals surface area contributed by atoms with Gasteiger partial charge in [0.05, 0.1) is 6.04 Å². The summed E-state index contributed by atoms with van der Waals surface area (Å²) < 4.78 is 19.9. The number of nitrogens with one attached hydrogen (secondary N) is 2. The van der Waals surface area contributed by atoms with Crippen LogP contribution >= 0.6 is 12.4 Å². The van der Waals surface area contributed by atoms with E-state index in [-0.39, 0.29) is 31.4 Å². The van der Waals surface area contributed by atoms with Crippen LogP contribution in [0.3, 0.4) is 0 Å². The van der Waals surface area contributed by atoms with Crippen LogP contribution in [-0.2, 0) is 4.79 Å². The van der Waals surface area contributed by atoms with E-state index >= 15 is 0 Å². The minimum atomic E-state index is -1.78. The first kappa shape index (κ1) is 17.7. The second-order valence-corrected chi connectivity index (χ2v) is 5.09. The molecular weight excluding hydrogens is 295 g/mol. The van der Waals surface area contributed by atoms with Crippen molar-refractivity contribution in [3.05, 3.63) is 30.3 Å². The smallest absolute Gasteiger partial charge is 0.259 e. The fourth-order valence-electron chi connectivity index (χ4n) is 2.15. The number of halogens is 2. The van der Waals surface area contributed by atoms with Gasteiger partial charge in [-0.3, -0.25) is 4.79 Å². The molecule has 1 amide bonds. The van der Waals surface area contributed by atoms with Gasteiger partial charge in [-0.1, -0.05) is 25.1 Å². The van der Waals surface area contributed by atoms with Crippen molar-refractivity contribution >= 4 is 18.3 Å². The summed E-state index contributed by atoms with van der Waals surface area (Å²) in [7, 11) is 0. The zero-order chi connectivity index (χ0) is 14.4. The number of benzene rings is 1. The van der Waals surface area contributed by atoms with E-state index in [1.807, 2.05) is 37.3 Å². The monoisotopic (exact) mass is 316 g/mol. The maximum absolute atomic E-state index is 14.3. The highest BCUT2D eigenvalue weighted by Crippen LogP contribution is 2.20. The summed E-state index contributed by atoms with van der Waals surface area (Å²) in [5, 5.41) is 5.62. The van der Waals surface area contributed by atoms with Gasteiger partial charge in [-0.25, -0.2) is 4.39 Å². The Kier molecular flexibility index (Phi) is 6.92. The molecule has 0 aliphatic carbocycles. The van der Waals surface area contributed by atoms with Crippen molar-refractivity contribution in [3.8, 4) is 5.75 Å². The molecule has 2 rings (SSSR count). The summed E-state index contributed by atoms with van der Waals surface area (Å²) in [5.41, 5.74) is -1.78. The third-order valence-electron chi connectivity index (χ3n) is 3.53. The summed E-state index contributed by atoms with van der Waals surface area (Å²) in [6.07, 6.45) is 0.927. The van der Waals surface area contributed by atoms with Crippen molar-refractivity contribution in [2.45, 2.75) is 31.5 Å². The standard InChI is InChI=1S/C15H21FN2O2.ClH/c1-2-12(10-20-13-6-4-3-5-7-13)18-14(19)15(16)8-9-17-11-15;/h3-7,12,17H,2,8-11H2,1H3,(H,18,19);1H.